The van der Waals surface area contributed by atoms with Gasteiger partial charge in [-0.25, -0.2) is 0 Å². The molecule has 1 rings (SSSR count). The van der Waals surface area contributed by atoms with Gasteiger partial charge in [0.1, 0.15) is 0 Å². The summed E-state index contributed by atoms with van der Waals surface area (Å²) in [5.41, 5.74) is 4.67. The van der Waals surface area contributed by atoms with Crippen molar-refractivity contribution in [3.05, 3.63) is 36.4 Å². The van der Waals surface area contributed by atoms with Crippen molar-refractivity contribution < 1.29 is 5.11 Å². The molecule has 0 saturated heterocycles. The average Bonchev–Trinajstić information content (AvgIpc) is 1.90. The minimum Gasteiger partial charge on any atom is -0.379 e. The molecule has 0 heterocycles. The molecule has 0 radical (unpaired) electrons. The fraction of sp³-hybridized carbons (Fsp3) is 0.250. The smallest absolute Gasteiger partial charge is 0.0991 e. The fourth-order valence-corrected chi connectivity index (χ4v) is 0.385. The Kier molecular flexibility index (Phi) is 5.72. The van der Waals surface area contributed by atoms with Gasteiger partial charge in [0, 0.05) is 0 Å². The zero-order valence-electron chi connectivity index (χ0n) is 6.07. The van der Waals surface area contributed by atoms with E-state index in [4.69, 9.17) is 5.11 Å². The summed E-state index contributed by atoms with van der Waals surface area (Å²) in [5.74, 6) is 0. The Morgan fingerprint density at radius 2 is 1.10 bits per heavy atom. The summed E-state index contributed by atoms with van der Waals surface area (Å²) >= 11 is 0. The highest BCUT2D eigenvalue weighted by Gasteiger charge is 1.68. The Morgan fingerprint density at radius 3 is 1.20 bits per heavy atom. The van der Waals surface area contributed by atoms with Crippen LogP contribution < -0.4 is 5.73 Å². The molecule has 0 bridgehead atoms. The normalized spacial score (nSPS) is 11.1. The maximum absolute atomic E-state index is 7.83. The highest BCUT2D eigenvalue weighted by Crippen LogP contribution is 1.79. The van der Waals surface area contributed by atoms with Gasteiger partial charge in [-0.1, -0.05) is 36.4 Å². The van der Waals surface area contributed by atoms with Gasteiger partial charge in [-0.3, -0.25) is 0 Å². The van der Waals surface area contributed by atoms with Crippen molar-refractivity contribution >= 4 is 0 Å². The first kappa shape index (κ1) is 9.14. The van der Waals surface area contributed by atoms with Crippen molar-refractivity contribution in [2.45, 2.75) is 13.2 Å². The molecular formula is C8H13NO. The molecular weight excluding hydrogens is 126 g/mol. The molecule has 56 valence electrons. The molecule has 1 aromatic rings. The van der Waals surface area contributed by atoms with Crippen molar-refractivity contribution in [2.75, 3.05) is 0 Å². The fourth-order valence-electron chi connectivity index (χ4n) is 0.385. The third kappa shape index (κ3) is 10.2. The van der Waals surface area contributed by atoms with E-state index >= 15 is 0 Å². The van der Waals surface area contributed by atoms with Crippen LogP contribution in [-0.4, -0.2) is 11.3 Å². The lowest BCUT2D eigenvalue weighted by atomic mass is 10.4. The molecule has 1 aromatic carbocycles. The molecule has 0 saturated carbocycles. The molecule has 0 aliphatic heterocycles. The van der Waals surface area contributed by atoms with Crippen LogP contribution in [0.1, 0.15) is 6.92 Å². The van der Waals surface area contributed by atoms with Crippen LogP contribution >= 0.6 is 0 Å². The van der Waals surface area contributed by atoms with Crippen molar-refractivity contribution in [2.24, 2.45) is 5.73 Å². The maximum atomic E-state index is 7.83. The van der Waals surface area contributed by atoms with Crippen LogP contribution in [0.5, 0.6) is 0 Å². The summed E-state index contributed by atoms with van der Waals surface area (Å²) < 4.78 is 0. The monoisotopic (exact) mass is 139 g/mol. The molecule has 0 spiro atoms. The van der Waals surface area contributed by atoms with E-state index in [9.17, 15) is 0 Å². The second-order valence-electron chi connectivity index (χ2n) is 1.90. The van der Waals surface area contributed by atoms with Gasteiger partial charge in [0.15, 0.2) is 0 Å². The third-order valence-electron chi connectivity index (χ3n) is 0.667. The van der Waals surface area contributed by atoms with E-state index in [-0.39, 0.29) is 0 Å². The molecule has 0 aliphatic carbocycles. The molecule has 0 aromatic heterocycles. The van der Waals surface area contributed by atoms with Crippen molar-refractivity contribution in [1.82, 2.24) is 0 Å². The molecule has 2 nitrogen and oxygen atoms in total. The lowest BCUT2D eigenvalue weighted by molar-refractivity contribution is 0.203. The van der Waals surface area contributed by atoms with E-state index in [1.54, 1.807) is 0 Å². The lowest BCUT2D eigenvalue weighted by Crippen LogP contribution is -2.11. The largest absolute Gasteiger partial charge is 0.379 e. The summed E-state index contributed by atoms with van der Waals surface area (Å²) in [6.45, 7) is 1.50. The van der Waals surface area contributed by atoms with Crippen LogP contribution in [0, 0.1) is 0 Å². The number of rotatable bonds is 0. The molecule has 3 N–H and O–H groups in total. The van der Waals surface area contributed by atoms with E-state index in [1.165, 1.54) is 6.92 Å². The molecule has 0 amide bonds. The van der Waals surface area contributed by atoms with Crippen LogP contribution in [0.15, 0.2) is 36.4 Å². The number of aliphatic hydroxyl groups is 1. The van der Waals surface area contributed by atoms with E-state index in [0.717, 1.165) is 0 Å². The number of hydrogen-bond acceptors (Lipinski definition) is 2. The minimum absolute atomic E-state index is 0.667. The van der Waals surface area contributed by atoms with Crippen molar-refractivity contribution in [3.8, 4) is 0 Å². The van der Waals surface area contributed by atoms with Crippen LogP contribution in [0.25, 0.3) is 0 Å². The standard InChI is InChI=1S/C6H6.C2H7NO/c1-2-4-6-5-3-1;1-2(3)4/h1-6H;2,4H,3H2,1H3. The van der Waals surface area contributed by atoms with Gasteiger partial charge in [0.2, 0.25) is 0 Å². The van der Waals surface area contributed by atoms with Crippen LogP contribution in [-0.2, 0) is 0 Å². The van der Waals surface area contributed by atoms with Crippen LogP contribution in [0.4, 0.5) is 0 Å². The van der Waals surface area contributed by atoms with Crippen molar-refractivity contribution in [3.63, 3.8) is 0 Å². The molecule has 1 atom stereocenters. The van der Waals surface area contributed by atoms with Gasteiger partial charge < -0.3 is 10.8 Å². The van der Waals surface area contributed by atoms with E-state index in [0.29, 0.717) is 0 Å². The van der Waals surface area contributed by atoms with Crippen LogP contribution in [0.3, 0.4) is 0 Å². The predicted molar refractivity (Wildman–Crippen MR) is 42.3 cm³/mol. The molecule has 10 heavy (non-hydrogen) atoms. The van der Waals surface area contributed by atoms with Gasteiger partial charge in [-0.2, -0.15) is 0 Å². The SMILES string of the molecule is CC(N)O.c1ccccc1. The summed E-state index contributed by atoms with van der Waals surface area (Å²) in [6, 6.07) is 12.0. The highest BCUT2D eigenvalue weighted by molar-refractivity contribution is 4.99. The lowest BCUT2D eigenvalue weighted by Gasteiger charge is -1.82. The summed E-state index contributed by atoms with van der Waals surface area (Å²) in [4.78, 5) is 0. The van der Waals surface area contributed by atoms with Gasteiger partial charge >= 0.3 is 0 Å². The first-order chi connectivity index (χ1) is 4.73. The van der Waals surface area contributed by atoms with E-state index in [2.05, 4.69) is 5.73 Å². The summed E-state index contributed by atoms with van der Waals surface area (Å²) in [6.07, 6.45) is -0.667. The van der Waals surface area contributed by atoms with E-state index < -0.39 is 6.23 Å². The predicted octanol–water partition coefficient (Wildman–Crippen LogP) is 0.970. The number of benzene rings is 1. The highest BCUT2D eigenvalue weighted by atomic mass is 16.3. The van der Waals surface area contributed by atoms with E-state index in [1.807, 2.05) is 36.4 Å². The quantitative estimate of drug-likeness (QED) is 0.526. The number of nitrogens with two attached hydrogens (primary N) is 1. The first-order valence-corrected chi connectivity index (χ1v) is 3.17. The Bertz CT molecular complexity index is 110. The minimum atomic E-state index is -0.667. The molecule has 0 fully saturated rings. The second kappa shape index (κ2) is 6.26. The van der Waals surface area contributed by atoms with Gasteiger partial charge in [0.25, 0.3) is 0 Å². The number of hydrogen-bond donors (Lipinski definition) is 2. The third-order valence-corrected chi connectivity index (χ3v) is 0.667. The van der Waals surface area contributed by atoms with Crippen LogP contribution in [0.2, 0.25) is 0 Å². The molecule has 2 heteroatoms. The number of aliphatic hydroxyl groups excluding tert-OH is 1. The summed E-state index contributed by atoms with van der Waals surface area (Å²) in [5, 5.41) is 7.83. The first-order valence-electron chi connectivity index (χ1n) is 3.17. The molecule has 0 aliphatic rings. The second-order valence-corrected chi connectivity index (χ2v) is 1.90. The van der Waals surface area contributed by atoms with Gasteiger partial charge in [-0.05, 0) is 6.92 Å². The van der Waals surface area contributed by atoms with Crippen molar-refractivity contribution in [1.29, 1.82) is 0 Å². The Labute approximate surface area is 61.3 Å². The summed E-state index contributed by atoms with van der Waals surface area (Å²) in [7, 11) is 0. The van der Waals surface area contributed by atoms with Gasteiger partial charge in [-0.15, -0.1) is 0 Å². The zero-order chi connectivity index (χ0) is 7.82. The average molecular weight is 139 g/mol. The topological polar surface area (TPSA) is 46.2 Å². The zero-order valence-corrected chi connectivity index (χ0v) is 6.07. The Balaban J connectivity index is 0.000000180. The molecule has 1 unspecified atom stereocenters. The maximum Gasteiger partial charge on any atom is 0.0991 e. The van der Waals surface area contributed by atoms with Gasteiger partial charge in [0.05, 0.1) is 6.23 Å². The Morgan fingerprint density at radius 1 is 1.00 bits per heavy atom. The Hall–Kier alpha value is -0.860.